The Morgan fingerprint density at radius 2 is 2.11 bits per heavy atom. The Kier molecular flexibility index (Phi) is 4.67. The van der Waals surface area contributed by atoms with Crippen LogP contribution in [-0.4, -0.2) is 63.0 Å². The molecule has 142 valence electrons. The number of ether oxygens (including phenoxy) is 1. The third kappa shape index (κ3) is 3.86. The molecule has 2 N–H and O–H groups in total. The number of para-hydroxylation sites is 1. The van der Waals surface area contributed by atoms with E-state index in [4.69, 9.17) is 4.74 Å². The number of fused-ring (bicyclic) bond motifs is 1. The van der Waals surface area contributed by atoms with Crippen LogP contribution >= 0.6 is 0 Å². The van der Waals surface area contributed by atoms with Gasteiger partial charge in [0, 0.05) is 26.2 Å². The van der Waals surface area contributed by atoms with Crippen molar-refractivity contribution in [2.45, 2.75) is 19.4 Å². The summed E-state index contributed by atoms with van der Waals surface area (Å²) in [7, 11) is 0. The van der Waals surface area contributed by atoms with Gasteiger partial charge in [-0.2, -0.15) is 10.1 Å². The minimum absolute atomic E-state index is 0.119. The number of H-pyrrole nitrogens is 1. The van der Waals surface area contributed by atoms with Crippen LogP contribution in [0.2, 0.25) is 0 Å². The minimum Gasteiger partial charge on any atom is -0.373 e. The average Bonchev–Trinajstić information content (AvgIpc) is 3.06. The Morgan fingerprint density at radius 3 is 2.89 bits per heavy atom. The smallest absolute Gasteiger partial charge is 0.263 e. The number of aromatic nitrogens is 4. The molecule has 1 aliphatic rings. The Morgan fingerprint density at radius 1 is 1.30 bits per heavy atom. The lowest BCUT2D eigenvalue weighted by atomic mass is 10.1. The van der Waals surface area contributed by atoms with Gasteiger partial charge in [-0.1, -0.05) is 18.2 Å². The number of nitrogens with zero attached hydrogens (tertiary/aromatic N) is 4. The lowest BCUT2D eigenvalue weighted by molar-refractivity contribution is -0.0848. The zero-order valence-electron chi connectivity index (χ0n) is 15.6. The van der Waals surface area contributed by atoms with Crippen LogP contribution in [0.5, 0.6) is 0 Å². The van der Waals surface area contributed by atoms with Crippen LogP contribution in [0.4, 0.5) is 5.95 Å². The summed E-state index contributed by atoms with van der Waals surface area (Å²) in [6.45, 7) is 8.28. The number of anilines is 1. The van der Waals surface area contributed by atoms with E-state index in [1.165, 1.54) is 0 Å². The van der Waals surface area contributed by atoms with Crippen LogP contribution in [0, 0.1) is 0 Å². The Labute approximate surface area is 157 Å². The second-order valence-electron chi connectivity index (χ2n) is 7.35. The van der Waals surface area contributed by atoms with Crippen LogP contribution < -0.4 is 10.9 Å². The highest BCUT2D eigenvalue weighted by molar-refractivity contribution is 5.76. The zero-order valence-corrected chi connectivity index (χ0v) is 15.6. The molecule has 1 fully saturated rings. The fraction of sp³-hybridized carbons (Fsp3) is 0.421. The highest BCUT2D eigenvalue weighted by Gasteiger charge is 2.26. The number of hydrogen-bond donors (Lipinski definition) is 2. The number of morpholine rings is 1. The van der Waals surface area contributed by atoms with Crippen LogP contribution in [0.25, 0.3) is 16.7 Å². The summed E-state index contributed by atoms with van der Waals surface area (Å²) in [5, 5.41) is 8.02. The van der Waals surface area contributed by atoms with Gasteiger partial charge in [-0.3, -0.25) is 14.7 Å². The van der Waals surface area contributed by atoms with E-state index in [2.05, 4.69) is 39.1 Å². The largest absolute Gasteiger partial charge is 0.373 e. The first-order chi connectivity index (χ1) is 13.0. The molecule has 1 aromatic carbocycles. The van der Waals surface area contributed by atoms with Crippen molar-refractivity contribution in [1.29, 1.82) is 0 Å². The van der Waals surface area contributed by atoms with E-state index in [9.17, 15) is 4.79 Å². The summed E-state index contributed by atoms with van der Waals surface area (Å²) in [4.78, 5) is 22.1. The molecule has 3 heterocycles. The fourth-order valence-electron chi connectivity index (χ4n) is 3.40. The Balaban J connectivity index is 1.50. The zero-order chi connectivity index (χ0) is 18.9. The van der Waals surface area contributed by atoms with E-state index in [1.54, 1.807) is 10.9 Å². The topological polar surface area (TPSA) is 88.1 Å². The molecule has 8 heteroatoms. The van der Waals surface area contributed by atoms with Crippen molar-refractivity contribution in [2.75, 3.05) is 38.1 Å². The molecule has 0 unspecified atom stereocenters. The SMILES string of the molecule is CC1(C)CN(CCNc2nc3c(cnn3-c3ccccc3)c(=O)[nH]2)CCO1. The molecule has 0 spiro atoms. The van der Waals surface area contributed by atoms with E-state index >= 15 is 0 Å². The van der Waals surface area contributed by atoms with E-state index in [-0.39, 0.29) is 11.2 Å². The molecule has 0 saturated carbocycles. The van der Waals surface area contributed by atoms with Crippen LogP contribution in [0.15, 0.2) is 41.3 Å². The molecule has 27 heavy (non-hydrogen) atoms. The van der Waals surface area contributed by atoms with Gasteiger partial charge in [0.1, 0.15) is 5.39 Å². The molecule has 0 amide bonds. The molecule has 8 nitrogen and oxygen atoms in total. The molecule has 1 aliphatic heterocycles. The summed E-state index contributed by atoms with van der Waals surface area (Å²) in [6, 6.07) is 9.67. The van der Waals surface area contributed by atoms with Crippen molar-refractivity contribution in [2.24, 2.45) is 0 Å². The molecule has 1 saturated heterocycles. The quantitative estimate of drug-likeness (QED) is 0.712. The first-order valence-electron chi connectivity index (χ1n) is 9.15. The van der Waals surface area contributed by atoms with Crippen molar-refractivity contribution < 1.29 is 4.74 Å². The third-order valence-corrected chi connectivity index (χ3v) is 4.66. The van der Waals surface area contributed by atoms with Gasteiger partial charge in [0.05, 0.1) is 24.1 Å². The van der Waals surface area contributed by atoms with Gasteiger partial charge in [-0.15, -0.1) is 0 Å². The number of nitrogens with one attached hydrogen (secondary N) is 2. The summed E-state index contributed by atoms with van der Waals surface area (Å²) in [5.74, 6) is 0.456. The first kappa shape index (κ1) is 17.7. The van der Waals surface area contributed by atoms with Gasteiger partial charge in [-0.05, 0) is 26.0 Å². The minimum atomic E-state index is -0.197. The summed E-state index contributed by atoms with van der Waals surface area (Å²) in [5.41, 5.74) is 1.09. The molecule has 2 aromatic heterocycles. The van der Waals surface area contributed by atoms with Gasteiger partial charge in [0.15, 0.2) is 5.65 Å². The molecule has 0 radical (unpaired) electrons. The van der Waals surface area contributed by atoms with Crippen LogP contribution in [-0.2, 0) is 4.74 Å². The number of benzene rings is 1. The molecule has 0 aliphatic carbocycles. The maximum atomic E-state index is 12.4. The van der Waals surface area contributed by atoms with Gasteiger partial charge >= 0.3 is 0 Å². The second kappa shape index (κ2) is 7.13. The molecular formula is C19H24N6O2. The van der Waals surface area contributed by atoms with E-state index in [0.29, 0.717) is 23.5 Å². The standard InChI is InChI=1S/C19H24N6O2/c1-19(2)13-24(10-11-27-19)9-8-20-18-22-16-15(17(26)23-18)12-21-25(16)14-6-4-3-5-7-14/h3-7,12H,8-11,13H2,1-2H3,(H2,20,22,23,26). The van der Waals surface area contributed by atoms with Crippen LogP contribution in [0.1, 0.15) is 13.8 Å². The van der Waals surface area contributed by atoms with E-state index in [0.717, 1.165) is 31.9 Å². The molecule has 4 rings (SSSR count). The highest BCUT2D eigenvalue weighted by Crippen LogP contribution is 2.16. The predicted molar refractivity (Wildman–Crippen MR) is 104 cm³/mol. The average molecular weight is 368 g/mol. The maximum Gasteiger partial charge on any atom is 0.263 e. The van der Waals surface area contributed by atoms with E-state index in [1.807, 2.05) is 30.3 Å². The third-order valence-electron chi connectivity index (χ3n) is 4.66. The Hall–Kier alpha value is -2.71. The molecular weight excluding hydrogens is 344 g/mol. The number of rotatable bonds is 5. The van der Waals surface area contributed by atoms with Crippen molar-refractivity contribution in [3.05, 3.63) is 46.9 Å². The van der Waals surface area contributed by atoms with Gasteiger partial charge < -0.3 is 10.1 Å². The van der Waals surface area contributed by atoms with Crippen molar-refractivity contribution in [3.63, 3.8) is 0 Å². The summed E-state index contributed by atoms with van der Waals surface area (Å²) < 4.78 is 7.42. The highest BCUT2D eigenvalue weighted by atomic mass is 16.5. The van der Waals surface area contributed by atoms with Crippen LogP contribution in [0.3, 0.4) is 0 Å². The molecule has 0 atom stereocenters. The Bertz CT molecular complexity index is 979. The fourth-order valence-corrected chi connectivity index (χ4v) is 3.40. The van der Waals surface area contributed by atoms with Gasteiger partial charge in [-0.25, -0.2) is 4.68 Å². The predicted octanol–water partition coefficient (Wildman–Crippen LogP) is 1.63. The van der Waals surface area contributed by atoms with Crippen molar-refractivity contribution in [3.8, 4) is 5.69 Å². The van der Waals surface area contributed by atoms with Crippen molar-refractivity contribution >= 4 is 17.0 Å². The number of hydrogen-bond acceptors (Lipinski definition) is 6. The van der Waals surface area contributed by atoms with Crippen molar-refractivity contribution in [1.82, 2.24) is 24.6 Å². The van der Waals surface area contributed by atoms with Gasteiger partial charge in [0.2, 0.25) is 5.95 Å². The monoisotopic (exact) mass is 368 g/mol. The molecule has 0 bridgehead atoms. The summed E-state index contributed by atoms with van der Waals surface area (Å²) in [6.07, 6.45) is 1.55. The number of aromatic amines is 1. The second-order valence-corrected chi connectivity index (χ2v) is 7.35. The van der Waals surface area contributed by atoms with Gasteiger partial charge in [0.25, 0.3) is 5.56 Å². The maximum absolute atomic E-state index is 12.4. The molecule has 3 aromatic rings. The lowest BCUT2D eigenvalue weighted by Crippen LogP contribution is -2.49. The van der Waals surface area contributed by atoms with E-state index < -0.39 is 0 Å². The normalized spacial score (nSPS) is 17.3. The first-order valence-corrected chi connectivity index (χ1v) is 9.15. The lowest BCUT2D eigenvalue weighted by Gasteiger charge is -2.38. The summed E-state index contributed by atoms with van der Waals surface area (Å²) >= 11 is 0.